The molecule has 0 unspecified atom stereocenters. The number of benzene rings is 2. The lowest BCUT2D eigenvalue weighted by Crippen LogP contribution is -2.44. The largest absolute Gasteiger partial charge is 0.471 e. The predicted molar refractivity (Wildman–Crippen MR) is 155 cm³/mol. The molecular formula is C32H36F3N5O2. The maximum Gasteiger partial charge on any atom is 0.471 e. The number of hydrogen-bond acceptors (Lipinski definition) is 5. The minimum atomic E-state index is -4.86. The number of carbonyl (C=O) groups excluding carboxylic acids is 1. The van der Waals surface area contributed by atoms with Gasteiger partial charge in [-0.2, -0.15) is 13.2 Å². The van der Waals surface area contributed by atoms with Crippen LogP contribution in [0.4, 0.5) is 24.5 Å². The summed E-state index contributed by atoms with van der Waals surface area (Å²) in [7, 11) is 0. The number of nitrogens with zero attached hydrogens (tertiary/aromatic N) is 4. The Morgan fingerprint density at radius 1 is 1.14 bits per heavy atom. The number of aryl methyl sites for hydroxylation is 3. The van der Waals surface area contributed by atoms with E-state index in [1.807, 2.05) is 19.2 Å². The Morgan fingerprint density at radius 2 is 1.83 bits per heavy atom. The van der Waals surface area contributed by atoms with Gasteiger partial charge in [-0.3, -0.25) is 4.79 Å². The van der Waals surface area contributed by atoms with Crippen molar-refractivity contribution in [3.63, 3.8) is 0 Å². The molecule has 2 fully saturated rings. The van der Waals surface area contributed by atoms with Gasteiger partial charge in [-0.1, -0.05) is 17.3 Å². The van der Waals surface area contributed by atoms with Gasteiger partial charge in [0.05, 0.1) is 5.69 Å². The van der Waals surface area contributed by atoms with Crippen molar-refractivity contribution in [2.75, 3.05) is 37.6 Å². The summed E-state index contributed by atoms with van der Waals surface area (Å²) in [5.41, 5.74) is 6.83. The fraction of sp³-hybridized carbons (Fsp3) is 0.469. The van der Waals surface area contributed by atoms with Gasteiger partial charge in [-0.25, -0.2) is 6.57 Å². The average Bonchev–Trinajstić information content (AvgIpc) is 3.70. The summed E-state index contributed by atoms with van der Waals surface area (Å²) in [6.45, 7) is 16.2. The molecule has 2 heterocycles. The molecule has 0 bridgehead atoms. The van der Waals surface area contributed by atoms with E-state index in [1.165, 1.54) is 0 Å². The van der Waals surface area contributed by atoms with Gasteiger partial charge in [-0.15, -0.1) is 0 Å². The van der Waals surface area contributed by atoms with Crippen LogP contribution in [-0.4, -0.2) is 54.9 Å². The number of carbonyl (C=O) groups is 1. The number of rotatable bonds is 9. The second kappa shape index (κ2) is 11.8. The summed E-state index contributed by atoms with van der Waals surface area (Å²) in [5.74, 6) is -0.756. The molecule has 1 aromatic heterocycles. The number of likely N-dealkylation sites (tertiary alicyclic amines) is 1. The number of piperidine rings is 1. The molecule has 1 saturated carbocycles. The lowest BCUT2D eigenvalue weighted by Gasteiger charge is -2.36. The molecule has 0 radical (unpaired) electrons. The molecular weight excluding hydrogens is 543 g/mol. The molecule has 2 aromatic carbocycles. The Labute approximate surface area is 244 Å². The van der Waals surface area contributed by atoms with Crippen LogP contribution in [0.2, 0.25) is 0 Å². The van der Waals surface area contributed by atoms with Crippen molar-refractivity contribution >= 4 is 17.3 Å². The van der Waals surface area contributed by atoms with Gasteiger partial charge < -0.3 is 24.5 Å². The fourth-order valence-electron chi connectivity index (χ4n) is 5.91. The molecule has 3 aromatic rings. The summed E-state index contributed by atoms with van der Waals surface area (Å²) < 4.78 is 42.9. The number of anilines is 2. The van der Waals surface area contributed by atoms with E-state index < -0.39 is 12.1 Å². The Hall–Kier alpha value is -3.84. The number of hydrogen-bond donors (Lipinski definition) is 1. The zero-order valence-electron chi connectivity index (χ0n) is 24.2. The third-order valence-electron chi connectivity index (χ3n) is 8.59. The highest BCUT2D eigenvalue weighted by Gasteiger charge is 2.52. The maximum absolute atomic E-state index is 12.5. The Bertz CT molecular complexity index is 1440. The summed E-state index contributed by atoms with van der Waals surface area (Å²) in [6.07, 6.45) is -1.27. The molecule has 1 amide bonds. The highest BCUT2D eigenvalue weighted by Crippen LogP contribution is 2.50. The Kier molecular flexibility index (Phi) is 8.33. The molecule has 1 aliphatic carbocycles. The zero-order valence-corrected chi connectivity index (χ0v) is 24.2. The van der Waals surface area contributed by atoms with Crippen LogP contribution in [0.25, 0.3) is 16.0 Å². The number of aromatic nitrogens is 1. The van der Waals surface area contributed by atoms with Crippen LogP contribution in [0, 0.1) is 33.3 Å². The van der Waals surface area contributed by atoms with Crippen LogP contribution in [0.5, 0.6) is 0 Å². The summed E-state index contributed by atoms with van der Waals surface area (Å²) >= 11 is 0. The Balaban J connectivity index is 1.35. The third kappa shape index (κ3) is 6.31. The standard InChI is InChI=1S/C32H36F3N5O2/c1-21-5-6-25(29-22(2)38-42-23(29)3)19-28(21)40(27-9-7-26(8-10-27)31(36-4)13-14-31)20-24-11-16-39(17-12-24)18-15-37-30(41)32(33,34)35/h5-10,19,24H,11-18,20H2,1-3H3,(H,37,41). The zero-order chi connectivity index (χ0) is 30.1. The summed E-state index contributed by atoms with van der Waals surface area (Å²) in [5, 5.41) is 6.11. The molecule has 42 heavy (non-hydrogen) atoms. The van der Waals surface area contributed by atoms with Crippen LogP contribution in [-0.2, 0) is 10.3 Å². The predicted octanol–water partition coefficient (Wildman–Crippen LogP) is 6.70. The van der Waals surface area contributed by atoms with Crippen LogP contribution >= 0.6 is 0 Å². The third-order valence-corrected chi connectivity index (χ3v) is 8.59. The molecule has 5 rings (SSSR count). The van der Waals surface area contributed by atoms with Gasteiger partial charge >= 0.3 is 12.1 Å². The van der Waals surface area contributed by atoms with Crippen LogP contribution < -0.4 is 10.2 Å². The van der Waals surface area contributed by atoms with Crippen molar-refractivity contribution in [1.29, 1.82) is 0 Å². The molecule has 1 N–H and O–H groups in total. The minimum absolute atomic E-state index is 0.0265. The van der Waals surface area contributed by atoms with E-state index in [1.54, 1.807) is 0 Å². The van der Waals surface area contributed by atoms with Crippen molar-refractivity contribution < 1.29 is 22.5 Å². The summed E-state index contributed by atoms with van der Waals surface area (Å²) in [4.78, 5) is 19.5. The minimum Gasteiger partial charge on any atom is -0.361 e. The van der Waals surface area contributed by atoms with Gasteiger partial charge in [-0.05, 0) is 94.1 Å². The van der Waals surface area contributed by atoms with Crippen molar-refractivity contribution in [2.24, 2.45) is 5.92 Å². The van der Waals surface area contributed by atoms with Gasteiger partial charge in [0.2, 0.25) is 0 Å². The van der Waals surface area contributed by atoms with E-state index >= 15 is 0 Å². The van der Waals surface area contributed by atoms with Crippen LogP contribution in [0.1, 0.15) is 48.3 Å². The van der Waals surface area contributed by atoms with Crippen molar-refractivity contribution in [3.8, 4) is 11.1 Å². The van der Waals surface area contributed by atoms with Crippen LogP contribution in [0.15, 0.2) is 47.0 Å². The molecule has 2 aliphatic rings. The molecule has 0 spiro atoms. The van der Waals surface area contributed by atoms with E-state index in [4.69, 9.17) is 11.1 Å². The van der Waals surface area contributed by atoms with E-state index in [0.29, 0.717) is 12.5 Å². The van der Waals surface area contributed by atoms with E-state index in [9.17, 15) is 18.0 Å². The van der Waals surface area contributed by atoms with Crippen molar-refractivity contribution in [3.05, 3.63) is 76.5 Å². The van der Waals surface area contributed by atoms with E-state index in [0.717, 1.165) is 90.4 Å². The first kappa shape index (κ1) is 29.6. The first-order valence-electron chi connectivity index (χ1n) is 14.4. The molecule has 1 aliphatic heterocycles. The van der Waals surface area contributed by atoms with E-state index in [2.05, 4.69) is 69.2 Å². The number of alkyl halides is 3. The molecule has 0 atom stereocenters. The monoisotopic (exact) mass is 579 g/mol. The first-order chi connectivity index (χ1) is 20.0. The number of amides is 1. The molecule has 222 valence electrons. The smallest absolute Gasteiger partial charge is 0.361 e. The lowest BCUT2D eigenvalue weighted by atomic mass is 9.94. The molecule has 1 saturated heterocycles. The molecule has 10 heteroatoms. The fourth-order valence-corrected chi connectivity index (χ4v) is 5.91. The van der Waals surface area contributed by atoms with Gasteiger partial charge in [0.15, 0.2) is 0 Å². The van der Waals surface area contributed by atoms with Crippen molar-refractivity contribution in [2.45, 2.75) is 58.2 Å². The summed E-state index contributed by atoms with van der Waals surface area (Å²) in [6, 6.07) is 14.8. The second-order valence-corrected chi connectivity index (χ2v) is 11.5. The molecule has 7 nitrogen and oxygen atoms in total. The Morgan fingerprint density at radius 3 is 2.40 bits per heavy atom. The normalized spacial score (nSPS) is 17.1. The van der Waals surface area contributed by atoms with Gasteiger partial charge in [0.25, 0.3) is 5.54 Å². The lowest BCUT2D eigenvalue weighted by molar-refractivity contribution is -0.173. The topological polar surface area (TPSA) is 66.0 Å². The van der Waals surface area contributed by atoms with Gasteiger partial charge in [0, 0.05) is 55.0 Å². The van der Waals surface area contributed by atoms with Crippen LogP contribution in [0.3, 0.4) is 0 Å². The second-order valence-electron chi connectivity index (χ2n) is 11.5. The van der Waals surface area contributed by atoms with Crippen molar-refractivity contribution in [1.82, 2.24) is 15.4 Å². The van der Waals surface area contributed by atoms with E-state index in [-0.39, 0.29) is 12.1 Å². The SMILES string of the molecule is [C-]#[N+]C1(c2ccc(N(CC3CCN(CCNC(=O)C(F)(F)F)CC3)c3cc(-c4c(C)noc4C)ccc3C)cc2)CC1. The highest BCUT2D eigenvalue weighted by molar-refractivity contribution is 5.81. The number of nitrogens with one attached hydrogen (secondary N) is 1. The van der Waals surface area contributed by atoms with Gasteiger partial charge in [0.1, 0.15) is 5.76 Å². The average molecular weight is 580 g/mol. The first-order valence-corrected chi connectivity index (χ1v) is 14.4. The quantitative estimate of drug-likeness (QED) is 0.286. The maximum atomic E-state index is 12.5. The number of halogens is 3. The highest BCUT2D eigenvalue weighted by atomic mass is 19.4.